The number of nitrogens with zero attached hydrogens (tertiary/aromatic N) is 6. The van der Waals surface area contributed by atoms with Crippen LogP contribution in [0.15, 0.2) is 52.3 Å². The first kappa shape index (κ1) is 27.9. The van der Waals surface area contributed by atoms with E-state index < -0.39 is 15.6 Å². The van der Waals surface area contributed by atoms with Gasteiger partial charge in [0.25, 0.3) is 5.56 Å². The van der Waals surface area contributed by atoms with E-state index in [-0.39, 0.29) is 34.3 Å². The number of aromatic amines is 1. The first-order chi connectivity index (χ1) is 19.4. The van der Waals surface area contributed by atoms with Crippen molar-refractivity contribution in [3.8, 4) is 23.0 Å². The lowest BCUT2D eigenvalue weighted by Crippen LogP contribution is -2.48. The van der Waals surface area contributed by atoms with Gasteiger partial charge in [0, 0.05) is 33.3 Å². The van der Waals surface area contributed by atoms with Crippen molar-refractivity contribution in [3.63, 3.8) is 0 Å². The second-order valence-electron chi connectivity index (χ2n) is 9.36. The maximum atomic E-state index is 13.6. The number of benzene rings is 1. The van der Waals surface area contributed by atoms with Crippen molar-refractivity contribution in [1.82, 2.24) is 33.9 Å². The van der Waals surface area contributed by atoms with Gasteiger partial charge in [-0.1, -0.05) is 32.0 Å². The lowest BCUT2D eigenvalue weighted by atomic mass is 10.2. The molecule has 1 saturated heterocycles. The molecular weight excluding hydrogens is 534 g/mol. The molecular formula is C27H33N7O5S. The molecule has 0 spiro atoms. The number of nitrogens with one attached hydrogen (secondary N) is 1. The minimum absolute atomic E-state index is 0.00461. The van der Waals surface area contributed by atoms with E-state index in [0.29, 0.717) is 44.7 Å². The van der Waals surface area contributed by atoms with E-state index in [1.165, 1.54) is 16.6 Å². The highest BCUT2D eigenvalue weighted by molar-refractivity contribution is 7.89. The Morgan fingerprint density at radius 2 is 1.77 bits per heavy atom. The van der Waals surface area contributed by atoms with Crippen LogP contribution in [0.5, 0.6) is 5.88 Å². The predicted octanol–water partition coefficient (Wildman–Crippen LogP) is 2.08. The summed E-state index contributed by atoms with van der Waals surface area (Å²) < 4.78 is 41.2. The third-order valence-corrected chi connectivity index (χ3v) is 8.85. The van der Waals surface area contributed by atoms with Gasteiger partial charge in [-0.05, 0) is 31.2 Å². The van der Waals surface area contributed by atoms with Crippen LogP contribution in [-0.2, 0) is 21.2 Å². The van der Waals surface area contributed by atoms with Crippen LogP contribution in [-0.4, -0.2) is 95.4 Å². The number of methoxy groups -OCH3 is 1. The molecule has 1 fully saturated rings. The molecule has 4 heterocycles. The van der Waals surface area contributed by atoms with Crippen LogP contribution in [0.4, 0.5) is 0 Å². The summed E-state index contributed by atoms with van der Waals surface area (Å²) in [7, 11) is -2.28. The fourth-order valence-corrected chi connectivity index (χ4v) is 6.16. The van der Waals surface area contributed by atoms with Crippen molar-refractivity contribution >= 4 is 21.1 Å². The van der Waals surface area contributed by atoms with Crippen LogP contribution in [0.25, 0.3) is 28.1 Å². The van der Waals surface area contributed by atoms with Crippen LogP contribution in [0.3, 0.4) is 0 Å². The van der Waals surface area contributed by atoms with Gasteiger partial charge in [0.15, 0.2) is 5.52 Å². The molecule has 1 aliphatic heterocycles. The monoisotopic (exact) mass is 567 g/mol. The summed E-state index contributed by atoms with van der Waals surface area (Å²) in [6.45, 7) is 7.46. The number of pyridine rings is 1. The Bertz CT molecular complexity index is 1650. The molecule has 0 unspecified atom stereocenters. The Labute approximate surface area is 232 Å². The highest BCUT2D eigenvalue weighted by atomic mass is 32.2. The molecule has 212 valence electrons. The largest absolute Gasteiger partial charge is 0.475 e. The standard InChI is InChI=1S/C27H33N7O5S/c1-4-22-23-24(31-34(22)19-9-7-6-8-10-19)26(35)30-25(29-23)21-17-20(18-28-27(21)39-16-15-38-3)40(36,37)33-13-11-32(5-2)12-14-33/h6-10,17-18H,4-5,11-16H2,1-3H3,(H,29,30,35). The van der Waals surface area contributed by atoms with Crippen molar-refractivity contribution in [2.75, 3.05) is 53.0 Å². The molecule has 4 aromatic rings. The van der Waals surface area contributed by atoms with Crippen molar-refractivity contribution < 1.29 is 17.9 Å². The Morgan fingerprint density at radius 3 is 2.45 bits per heavy atom. The number of piperazine rings is 1. The second kappa shape index (κ2) is 11.8. The summed E-state index contributed by atoms with van der Waals surface area (Å²) in [4.78, 5) is 27.4. The summed E-state index contributed by atoms with van der Waals surface area (Å²) in [5, 5.41) is 4.54. The molecule has 13 heteroatoms. The Kier molecular flexibility index (Phi) is 8.26. The number of aromatic nitrogens is 5. The molecule has 0 aliphatic carbocycles. The van der Waals surface area contributed by atoms with Crippen LogP contribution in [0, 0.1) is 0 Å². The first-order valence-electron chi connectivity index (χ1n) is 13.3. The Morgan fingerprint density at radius 1 is 1.02 bits per heavy atom. The first-order valence-corrected chi connectivity index (χ1v) is 14.7. The fourth-order valence-electron chi connectivity index (χ4n) is 4.76. The number of para-hydroxylation sites is 1. The second-order valence-corrected chi connectivity index (χ2v) is 11.3. The summed E-state index contributed by atoms with van der Waals surface area (Å²) >= 11 is 0. The maximum absolute atomic E-state index is 13.6. The number of H-pyrrole nitrogens is 1. The molecule has 12 nitrogen and oxygen atoms in total. The number of sulfonamides is 1. The molecule has 1 N–H and O–H groups in total. The fraction of sp³-hybridized carbons (Fsp3) is 0.407. The molecule has 5 rings (SSSR count). The third-order valence-electron chi connectivity index (χ3n) is 6.98. The SMILES string of the molecule is CCc1c2nc(-c3cc(S(=O)(=O)N4CCN(CC)CC4)cnc3OCCOC)[nH]c(=O)c2nn1-c1ccccc1. The van der Waals surface area contributed by atoms with Gasteiger partial charge in [0.05, 0.1) is 29.7 Å². The van der Waals surface area contributed by atoms with Crippen LogP contribution in [0.2, 0.25) is 0 Å². The van der Waals surface area contributed by atoms with Gasteiger partial charge in [-0.25, -0.2) is 23.1 Å². The minimum atomic E-state index is -3.84. The molecule has 0 bridgehead atoms. The van der Waals surface area contributed by atoms with Crippen molar-refractivity contribution in [1.29, 1.82) is 0 Å². The van der Waals surface area contributed by atoms with Crippen LogP contribution >= 0.6 is 0 Å². The Balaban J connectivity index is 1.62. The number of hydrogen-bond acceptors (Lipinski definition) is 9. The van der Waals surface area contributed by atoms with E-state index in [2.05, 4.69) is 26.9 Å². The van der Waals surface area contributed by atoms with E-state index in [9.17, 15) is 13.2 Å². The quantitative estimate of drug-likeness (QED) is 0.286. The number of ether oxygens (including phenoxy) is 2. The van der Waals surface area contributed by atoms with E-state index in [1.54, 1.807) is 11.8 Å². The topological polar surface area (TPSA) is 136 Å². The molecule has 1 aliphatic rings. The zero-order valence-electron chi connectivity index (χ0n) is 22.8. The number of rotatable bonds is 10. The van der Waals surface area contributed by atoms with E-state index in [1.807, 2.05) is 37.3 Å². The zero-order chi connectivity index (χ0) is 28.3. The van der Waals surface area contributed by atoms with E-state index >= 15 is 0 Å². The number of likely N-dealkylation sites (N-methyl/N-ethyl adjacent to an activating group) is 1. The molecule has 0 atom stereocenters. The minimum Gasteiger partial charge on any atom is -0.475 e. The molecule has 0 radical (unpaired) electrons. The van der Waals surface area contributed by atoms with Crippen molar-refractivity contribution in [3.05, 3.63) is 58.6 Å². The average Bonchev–Trinajstić information content (AvgIpc) is 3.37. The molecule has 0 saturated carbocycles. The van der Waals surface area contributed by atoms with E-state index in [4.69, 9.17) is 14.5 Å². The summed E-state index contributed by atoms with van der Waals surface area (Å²) in [5.74, 6) is 0.287. The molecule has 40 heavy (non-hydrogen) atoms. The summed E-state index contributed by atoms with van der Waals surface area (Å²) in [5.41, 5.74) is 1.99. The normalized spacial score (nSPS) is 15.1. The summed E-state index contributed by atoms with van der Waals surface area (Å²) in [6.07, 6.45) is 1.85. The zero-order valence-corrected chi connectivity index (χ0v) is 23.6. The van der Waals surface area contributed by atoms with Crippen LogP contribution in [0.1, 0.15) is 19.5 Å². The third kappa shape index (κ3) is 5.37. The lowest BCUT2D eigenvalue weighted by Gasteiger charge is -2.33. The van der Waals surface area contributed by atoms with Gasteiger partial charge in [0.2, 0.25) is 15.9 Å². The van der Waals surface area contributed by atoms with Gasteiger partial charge < -0.3 is 19.4 Å². The number of hydrogen-bond donors (Lipinski definition) is 1. The predicted molar refractivity (Wildman–Crippen MR) is 150 cm³/mol. The number of fused-ring (bicyclic) bond motifs is 1. The Hall–Kier alpha value is -3.65. The summed E-state index contributed by atoms with van der Waals surface area (Å²) in [6, 6.07) is 11.0. The van der Waals surface area contributed by atoms with Gasteiger partial charge in [-0.2, -0.15) is 9.40 Å². The van der Waals surface area contributed by atoms with Gasteiger partial charge in [-0.15, -0.1) is 0 Å². The van der Waals surface area contributed by atoms with E-state index in [0.717, 1.165) is 17.9 Å². The van der Waals surface area contributed by atoms with Gasteiger partial charge in [0.1, 0.15) is 22.8 Å². The lowest BCUT2D eigenvalue weighted by molar-refractivity contribution is 0.144. The smallest absolute Gasteiger partial charge is 0.279 e. The maximum Gasteiger partial charge on any atom is 0.279 e. The molecule has 1 aromatic carbocycles. The number of aryl methyl sites for hydroxylation is 1. The highest BCUT2D eigenvalue weighted by Crippen LogP contribution is 2.30. The molecule has 0 amide bonds. The highest BCUT2D eigenvalue weighted by Gasteiger charge is 2.30. The average molecular weight is 568 g/mol. The molecule has 3 aromatic heterocycles. The van der Waals surface area contributed by atoms with Crippen LogP contribution < -0.4 is 10.3 Å². The van der Waals surface area contributed by atoms with Gasteiger partial charge >= 0.3 is 0 Å². The van der Waals surface area contributed by atoms with Crippen molar-refractivity contribution in [2.24, 2.45) is 0 Å². The van der Waals surface area contributed by atoms with Gasteiger partial charge in [-0.3, -0.25) is 4.79 Å². The van der Waals surface area contributed by atoms with Crippen molar-refractivity contribution in [2.45, 2.75) is 25.2 Å².